The SMILES string of the molecule is COC1(C)CCCN(C(=O)NCC(C)(O)CC(=O)O)C1. The summed E-state index contributed by atoms with van der Waals surface area (Å²) < 4.78 is 5.41. The first kappa shape index (κ1) is 16.7. The topological polar surface area (TPSA) is 99.1 Å². The van der Waals surface area contributed by atoms with Gasteiger partial charge in [0.25, 0.3) is 0 Å². The van der Waals surface area contributed by atoms with Crippen molar-refractivity contribution in [2.24, 2.45) is 0 Å². The number of nitrogens with one attached hydrogen (secondary N) is 1. The number of aliphatic carboxylic acids is 1. The molecule has 0 aliphatic carbocycles. The average Bonchev–Trinajstić information content (AvgIpc) is 2.34. The van der Waals surface area contributed by atoms with Crippen LogP contribution in [0.15, 0.2) is 0 Å². The lowest BCUT2D eigenvalue weighted by Gasteiger charge is -2.39. The first-order chi connectivity index (χ1) is 9.17. The fourth-order valence-electron chi connectivity index (χ4n) is 2.31. The van der Waals surface area contributed by atoms with Crippen LogP contribution in [0.5, 0.6) is 0 Å². The monoisotopic (exact) mass is 288 g/mol. The first-order valence-corrected chi connectivity index (χ1v) is 6.70. The number of likely N-dealkylation sites (tertiary alicyclic amines) is 1. The number of hydrogen-bond donors (Lipinski definition) is 3. The van der Waals surface area contributed by atoms with Gasteiger partial charge in [-0.1, -0.05) is 0 Å². The summed E-state index contributed by atoms with van der Waals surface area (Å²) in [6.45, 7) is 4.35. The van der Waals surface area contributed by atoms with E-state index in [4.69, 9.17) is 9.84 Å². The second-order valence-corrected chi connectivity index (χ2v) is 5.91. The zero-order valence-electron chi connectivity index (χ0n) is 12.3. The van der Waals surface area contributed by atoms with Crippen LogP contribution in [0.3, 0.4) is 0 Å². The molecular formula is C13H24N2O5. The number of nitrogens with zero attached hydrogens (tertiary/aromatic N) is 1. The smallest absolute Gasteiger partial charge is 0.317 e. The first-order valence-electron chi connectivity index (χ1n) is 6.70. The van der Waals surface area contributed by atoms with E-state index < -0.39 is 18.0 Å². The summed E-state index contributed by atoms with van der Waals surface area (Å²) in [5.41, 5.74) is -1.80. The molecule has 1 saturated heterocycles. The van der Waals surface area contributed by atoms with Crippen molar-refractivity contribution >= 4 is 12.0 Å². The predicted molar refractivity (Wildman–Crippen MR) is 72.5 cm³/mol. The summed E-state index contributed by atoms with van der Waals surface area (Å²) in [5.74, 6) is -1.10. The summed E-state index contributed by atoms with van der Waals surface area (Å²) in [7, 11) is 1.62. The molecule has 1 rings (SSSR count). The van der Waals surface area contributed by atoms with E-state index in [-0.39, 0.29) is 18.2 Å². The van der Waals surface area contributed by atoms with Gasteiger partial charge in [-0.15, -0.1) is 0 Å². The standard InChI is InChI=1S/C13H24N2O5/c1-12(19,7-10(16)17)8-14-11(18)15-6-4-5-13(2,9-15)20-3/h19H,4-9H2,1-3H3,(H,14,18)(H,16,17). The van der Waals surface area contributed by atoms with E-state index in [1.165, 1.54) is 6.92 Å². The average molecular weight is 288 g/mol. The van der Waals surface area contributed by atoms with Crippen molar-refractivity contribution in [3.63, 3.8) is 0 Å². The molecule has 1 aliphatic rings. The van der Waals surface area contributed by atoms with E-state index in [1.807, 2.05) is 6.92 Å². The molecule has 1 heterocycles. The molecule has 7 heteroatoms. The molecule has 0 saturated carbocycles. The molecule has 2 unspecified atom stereocenters. The molecular weight excluding hydrogens is 264 g/mol. The van der Waals surface area contributed by atoms with Crippen molar-refractivity contribution in [3.05, 3.63) is 0 Å². The lowest BCUT2D eigenvalue weighted by atomic mass is 9.95. The fraction of sp³-hybridized carbons (Fsp3) is 0.846. The van der Waals surface area contributed by atoms with Crippen LogP contribution in [0.25, 0.3) is 0 Å². The Morgan fingerprint density at radius 3 is 2.70 bits per heavy atom. The van der Waals surface area contributed by atoms with Crippen LogP contribution in [0.4, 0.5) is 4.79 Å². The lowest BCUT2D eigenvalue weighted by molar-refractivity contribution is -0.141. The minimum absolute atomic E-state index is 0.0989. The molecule has 0 spiro atoms. The molecule has 116 valence electrons. The van der Waals surface area contributed by atoms with Crippen molar-refractivity contribution in [3.8, 4) is 0 Å². The van der Waals surface area contributed by atoms with E-state index in [0.717, 1.165) is 12.8 Å². The molecule has 0 aromatic rings. The van der Waals surface area contributed by atoms with Gasteiger partial charge in [0, 0.05) is 20.2 Å². The van der Waals surface area contributed by atoms with Crippen molar-refractivity contribution in [1.29, 1.82) is 0 Å². The molecule has 0 radical (unpaired) electrons. The largest absolute Gasteiger partial charge is 0.481 e. The van der Waals surface area contributed by atoms with E-state index >= 15 is 0 Å². The Morgan fingerprint density at radius 1 is 1.50 bits per heavy atom. The Kier molecular flexibility index (Phi) is 5.35. The van der Waals surface area contributed by atoms with Crippen LogP contribution in [-0.2, 0) is 9.53 Å². The van der Waals surface area contributed by atoms with Crippen LogP contribution in [-0.4, -0.2) is 65.1 Å². The van der Waals surface area contributed by atoms with E-state index in [1.54, 1.807) is 12.0 Å². The molecule has 1 fully saturated rings. The van der Waals surface area contributed by atoms with Gasteiger partial charge in [-0.25, -0.2) is 4.79 Å². The van der Waals surface area contributed by atoms with Crippen LogP contribution < -0.4 is 5.32 Å². The maximum atomic E-state index is 12.0. The minimum Gasteiger partial charge on any atom is -0.481 e. The number of hydrogen-bond acceptors (Lipinski definition) is 4. The van der Waals surface area contributed by atoms with Crippen molar-refractivity contribution in [1.82, 2.24) is 10.2 Å². The molecule has 2 atom stereocenters. The number of piperidine rings is 1. The van der Waals surface area contributed by atoms with Gasteiger partial charge < -0.3 is 25.2 Å². The second-order valence-electron chi connectivity index (χ2n) is 5.91. The highest BCUT2D eigenvalue weighted by Gasteiger charge is 2.33. The van der Waals surface area contributed by atoms with Crippen LogP contribution in [0.1, 0.15) is 33.1 Å². The van der Waals surface area contributed by atoms with Crippen molar-refractivity contribution < 1.29 is 24.5 Å². The van der Waals surface area contributed by atoms with Gasteiger partial charge in [-0.3, -0.25) is 4.79 Å². The molecule has 20 heavy (non-hydrogen) atoms. The van der Waals surface area contributed by atoms with Crippen LogP contribution in [0.2, 0.25) is 0 Å². The van der Waals surface area contributed by atoms with Gasteiger partial charge in [-0.2, -0.15) is 0 Å². The molecule has 0 aromatic carbocycles. The Hall–Kier alpha value is -1.34. The third-order valence-corrected chi connectivity index (χ3v) is 3.59. The number of urea groups is 1. The molecule has 1 aliphatic heterocycles. The highest BCUT2D eigenvalue weighted by Crippen LogP contribution is 2.23. The van der Waals surface area contributed by atoms with Crippen molar-refractivity contribution in [2.45, 2.75) is 44.3 Å². The zero-order chi connectivity index (χ0) is 15.4. The fourth-order valence-corrected chi connectivity index (χ4v) is 2.31. The normalized spacial score (nSPS) is 25.9. The third kappa shape index (κ3) is 4.97. The summed E-state index contributed by atoms with van der Waals surface area (Å²) in [4.78, 5) is 24.2. The maximum Gasteiger partial charge on any atom is 0.317 e. The minimum atomic E-state index is -1.46. The van der Waals surface area contributed by atoms with E-state index in [2.05, 4.69) is 5.32 Å². The molecule has 3 N–H and O–H groups in total. The van der Waals surface area contributed by atoms with Gasteiger partial charge in [0.05, 0.1) is 24.2 Å². The molecule has 0 bridgehead atoms. The number of aliphatic hydroxyl groups is 1. The third-order valence-electron chi connectivity index (χ3n) is 3.59. The van der Waals surface area contributed by atoms with Gasteiger partial charge in [0.2, 0.25) is 0 Å². The lowest BCUT2D eigenvalue weighted by Crippen LogP contribution is -2.54. The quantitative estimate of drug-likeness (QED) is 0.681. The molecule has 7 nitrogen and oxygen atoms in total. The number of methoxy groups -OCH3 is 1. The van der Waals surface area contributed by atoms with Gasteiger partial charge in [0.1, 0.15) is 0 Å². The highest BCUT2D eigenvalue weighted by atomic mass is 16.5. The number of rotatable bonds is 5. The summed E-state index contributed by atoms with van der Waals surface area (Å²) in [6, 6.07) is -0.307. The van der Waals surface area contributed by atoms with E-state index in [0.29, 0.717) is 13.1 Å². The van der Waals surface area contributed by atoms with Gasteiger partial charge in [0.15, 0.2) is 0 Å². The number of carbonyl (C=O) groups is 2. The number of amides is 2. The summed E-state index contributed by atoms with van der Waals surface area (Å²) >= 11 is 0. The van der Waals surface area contributed by atoms with Crippen molar-refractivity contribution in [2.75, 3.05) is 26.7 Å². The Balaban J connectivity index is 2.48. The number of ether oxygens (including phenoxy) is 1. The molecule has 2 amide bonds. The number of carbonyl (C=O) groups excluding carboxylic acids is 1. The zero-order valence-corrected chi connectivity index (χ0v) is 12.3. The predicted octanol–water partition coefficient (Wildman–Crippen LogP) is 0.423. The van der Waals surface area contributed by atoms with E-state index in [9.17, 15) is 14.7 Å². The number of carboxylic acid groups (broad SMARTS) is 1. The Morgan fingerprint density at radius 2 is 2.15 bits per heavy atom. The summed E-state index contributed by atoms with van der Waals surface area (Å²) in [6.07, 6.45) is 1.33. The van der Waals surface area contributed by atoms with Crippen LogP contribution >= 0.6 is 0 Å². The summed E-state index contributed by atoms with van der Waals surface area (Å²) in [5, 5.41) is 21.1. The Bertz CT molecular complexity index is 372. The van der Waals surface area contributed by atoms with Crippen LogP contribution in [0, 0.1) is 0 Å². The number of carboxylic acids is 1. The maximum absolute atomic E-state index is 12.0. The Labute approximate surface area is 118 Å². The highest BCUT2D eigenvalue weighted by molar-refractivity contribution is 5.74. The second kappa shape index (κ2) is 6.41. The van der Waals surface area contributed by atoms with Gasteiger partial charge >= 0.3 is 12.0 Å². The molecule has 0 aromatic heterocycles. The van der Waals surface area contributed by atoms with Gasteiger partial charge in [-0.05, 0) is 26.7 Å².